The Morgan fingerprint density at radius 3 is 2.48 bits per heavy atom. The number of hydroxylamine groups is 1. The maximum Gasteiger partial charge on any atom is 0.334 e. The second-order valence-electron chi connectivity index (χ2n) is 5.11. The molecule has 1 aromatic carbocycles. The van der Waals surface area contributed by atoms with E-state index in [0.717, 1.165) is 0 Å². The van der Waals surface area contributed by atoms with E-state index >= 15 is 0 Å². The Balaban J connectivity index is 1.87. The van der Waals surface area contributed by atoms with Crippen molar-refractivity contribution < 1.29 is 28.6 Å². The summed E-state index contributed by atoms with van der Waals surface area (Å²) in [5.74, 6) is -0.0675. The summed E-state index contributed by atoms with van der Waals surface area (Å²) in [5, 5.41) is 0.680. The van der Waals surface area contributed by atoms with Gasteiger partial charge in [0.1, 0.15) is 16.5 Å². The fourth-order valence-corrected chi connectivity index (χ4v) is 2.16. The summed E-state index contributed by atoms with van der Waals surface area (Å²) in [6, 6.07) is 7.99. The monoisotopic (exact) mass is 414 g/mol. The molecule has 1 unspecified atom stereocenters. The Morgan fingerprint density at radius 2 is 1.85 bits per heavy atom. The standard InChI is InChI=1S/C17H16Cl2N2O6/c1-10(16(23)21-25-9-15(22)24-2)26-12-3-5-13(6-4-12)27-17-14(19)7-11(18)8-20-17/h3-8,10H,9H2,1-2H3,(H,21,23). The number of rotatable bonds is 8. The molecule has 1 amide bonds. The third-order valence-corrected chi connectivity index (χ3v) is 3.56. The van der Waals surface area contributed by atoms with Crippen LogP contribution in [0, 0.1) is 0 Å². The summed E-state index contributed by atoms with van der Waals surface area (Å²) in [7, 11) is 1.21. The molecule has 2 rings (SSSR count). The van der Waals surface area contributed by atoms with Gasteiger partial charge in [0.15, 0.2) is 12.7 Å². The highest BCUT2D eigenvalue weighted by atomic mass is 35.5. The van der Waals surface area contributed by atoms with Crippen molar-refractivity contribution in [2.24, 2.45) is 0 Å². The molecule has 1 heterocycles. The average Bonchev–Trinajstić information content (AvgIpc) is 2.65. The number of methoxy groups -OCH3 is 1. The first-order valence-corrected chi connectivity index (χ1v) is 8.38. The molecule has 1 aromatic heterocycles. The van der Waals surface area contributed by atoms with Gasteiger partial charge in [-0.1, -0.05) is 23.2 Å². The molecular formula is C17H16Cl2N2O6. The molecular weight excluding hydrogens is 399 g/mol. The van der Waals surface area contributed by atoms with Crippen LogP contribution in [0.3, 0.4) is 0 Å². The molecule has 0 aliphatic carbocycles. The van der Waals surface area contributed by atoms with Gasteiger partial charge in [0.05, 0.1) is 12.1 Å². The summed E-state index contributed by atoms with van der Waals surface area (Å²) >= 11 is 11.8. The van der Waals surface area contributed by atoms with Gasteiger partial charge in [0.2, 0.25) is 5.88 Å². The number of pyridine rings is 1. The first-order chi connectivity index (χ1) is 12.9. The molecule has 0 spiro atoms. The number of ether oxygens (including phenoxy) is 3. The minimum Gasteiger partial charge on any atom is -0.481 e. The first kappa shape index (κ1) is 20.8. The number of nitrogens with one attached hydrogen (secondary N) is 1. The van der Waals surface area contributed by atoms with Gasteiger partial charge in [-0.2, -0.15) is 0 Å². The third-order valence-electron chi connectivity index (χ3n) is 3.08. The van der Waals surface area contributed by atoms with Gasteiger partial charge in [-0.15, -0.1) is 0 Å². The highest BCUT2D eigenvalue weighted by Gasteiger charge is 2.15. The van der Waals surface area contributed by atoms with Crippen molar-refractivity contribution in [1.82, 2.24) is 10.5 Å². The van der Waals surface area contributed by atoms with Gasteiger partial charge in [-0.25, -0.2) is 15.3 Å². The van der Waals surface area contributed by atoms with Gasteiger partial charge in [-0.05, 0) is 37.3 Å². The summed E-state index contributed by atoms with van der Waals surface area (Å²) < 4.78 is 15.4. The highest BCUT2D eigenvalue weighted by molar-refractivity contribution is 6.35. The number of hydrogen-bond acceptors (Lipinski definition) is 7. The number of hydrogen-bond donors (Lipinski definition) is 1. The summed E-state index contributed by atoms with van der Waals surface area (Å²) in [6.07, 6.45) is 0.560. The topological polar surface area (TPSA) is 96.0 Å². The molecule has 0 aliphatic rings. The Morgan fingerprint density at radius 1 is 1.19 bits per heavy atom. The highest BCUT2D eigenvalue weighted by Crippen LogP contribution is 2.29. The Hall–Kier alpha value is -2.55. The molecule has 0 aliphatic heterocycles. The smallest absolute Gasteiger partial charge is 0.334 e. The Bertz CT molecular complexity index is 801. The Kier molecular flexibility index (Phi) is 7.66. The minimum atomic E-state index is -0.859. The predicted molar refractivity (Wildman–Crippen MR) is 97.0 cm³/mol. The van der Waals surface area contributed by atoms with Gasteiger partial charge < -0.3 is 14.2 Å². The van der Waals surface area contributed by atoms with Crippen LogP contribution in [0.25, 0.3) is 0 Å². The van der Waals surface area contributed by atoms with Crippen LogP contribution in [0.15, 0.2) is 36.5 Å². The van der Waals surface area contributed by atoms with E-state index in [-0.39, 0.29) is 10.9 Å². The zero-order chi connectivity index (χ0) is 19.8. The van der Waals surface area contributed by atoms with E-state index < -0.39 is 24.6 Å². The van der Waals surface area contributed by atoms with Crippen LogP contribution in [0.2, 0.25) is 10.0 Å². The molecule has 0 radical (unpaired) electrons. The van der Waals surface area contributed by atoms with Crippen LogP contribution in [-0.4, -0.2) is 36.7 Å². The molecule has 27 heavy (non-hydrogen) atoms. The minimum absolute atomic E-state index is 0.213. The third kappa shape index (κ3) is 6.59. The van der Waals surface area contributed by atoms with Crippen molar-refractivity contribution in [3.05, 3.63) is 46.6 Å². The molecule has 10 heteroatoms. The lowest BCUT2D eigenvalue weighted by molar-refractivity contribution is -0.154. The number of esters is 1. The molecule has 0 saturated heterocycles. The quantitative estimate of drug-likeness (QED) is 0.523. The molecule has 1 atom stereocenters. The summed E-state index contributed by atoms with van der Waals surface area (Å²) in [5.41, 5.74) is 2.10. The number of nitrogens with zero attached hydrogens (tertiary/aromatic N) is 1. The lowest BCUT2D eigenvalue weighted by atomic mass is 10.3. The fraction of sp³-hybridized carbons (Fsp3) is 0.235. The van der Waals surface area contributed by atoms with Gasteiger partial charge >= 0.3 is 5.97 Å². The lowest BCUT2D eigenvalue weighted by Crippen LogP contribution is -2.37. The molecule has 0 bridgehead atoms. The zero-order valence-electron chi connectivity index (χ0n) is 14.4. The Labute approximate surface area is 165 Å². The van der Waals surface area contributed by atoms with E-state index in [1.165, 1.54) is 26.3 Å². The van der Waals surface area contributed by atoms with Crippen molar-refractivity contribution in [3.8, 4) is 17.4 Å². The van der Waals surface area contributed by atoms with E-state index in [9.17, 15) is 9.59 Å². The molecule has 0 fully saturated rings. The number of carbonyl (C=O) groups is 2. The number of halogens is 2. The van der Waals surface area contributed by atoms with Crippen molar-refractivity contribution in [2.75, 3.05) is 13.7 Å². The van der Waals surface area contributed by atoms with Crippen LogP contribution in [0.4, 0.5) is 0 Å². The van der Waals surface area contributed by atoms with Crippen molar-refractivity contribution >= 4 is 35.1 Å². The molecule has 8 nitrogen and oxygen atoms in total. The van der Waals surface area contributed by atoms with E-state index in [2.05, 4.69) is 15.2 Å². The molecule has 144 valence electrons. The van der Waals surface area contributed by atoms with Crippen LogP contribution in [0.1, 0.15) is 6.92 Å². The first-order valence-electron chi connectivity index (χ1n) is 7.63. The van der Waals surface area contributed by atoms with E-state index in [1.54, 1.807) is 24.3 Å². The second-order valence-corrected chi connectivity index (χ2v) is 5.95. The molecule has 1 N–H and O–H groups in total. The van der Waals surface area contributed by atoms with Crippen LogP contribution in [-0.2, 0) is 19.2 Å². The fourth-order valence-electron chi connectivity index (χ4n) is 1.74. The van der Waals surface area contributed by atoms with E-state index in [1.807, 2.05) is 0 Å². The van der Waals surface area contributed by atoms with Crippen molar-refractivity contribution in [1.29, 1.82) is 0 Å². The summed E-state index contributed by atoms with van der Waals surface area (Å²) in [6.45, 7) is 1.13. The van der Waals surface area contributed by atoms with Crippen LogP contribution in [0.5, 0.6) is 17.4 Å². The zero-order valence-corrected chi connectivity index (χ0v) is 15.9. The maximum atomic E-state index is 11.8. The average molecular weight is 415 g/mol. The normalized spacial score (nSPS) is 11.4. The second kappa shape index (κ2) is 9.96. The van der Waals surface area contributed by atoms with Gasteiger partial charge in [0, 0.05) is 6.20 Å². The lowest BCUT2D eigenvalue weighted by Gasteiger charge is -2.14. The number of amides is 1. The van der Waals surface area contributed by atoms with Gasteiger partial charge in [0.25, 0.3) is 5.91 Å². The number of carbonyl (C=O) groups excluding carboxylic acids is 2. The van der Waals surface area contributed by atoms with E-state index in [4.69, 9.17) is 37.5 Å². The van der Waals surface area contributed by atoms with Crippen molar-refractivity contribution in [3.63, 3.8) is 0 Å². The maximum absolute atomic E-state index is 11.8. The van der Waals surface area contributed by atoms with Crippen LogP contribution >= 0.6 is 23.2 Å². The van der Waals surface area contributed by atoms with E-state index in [0.29, 0.717) is 16.5 Å². The predicted octanol–water partition coefficient (Wildman–Crippen LogP) is 3.17. The van der Waals surface area contributed by atoms with Crippen molar-refractivity contribution in [2.45, 2.75) is 13.0 Å². The number of aromatic nitrogens is 1. The van der Waals surface area contributed by atoms with Crippen LogP contribution < -0.4 is 15.0 Å². The molecule has 2 aromatic rings. The largest absolute Gasteiger partial charge is 0.481 e. The SMILES string of the molecule is COC(=O)CONC(=O)C(C)Oc1ccc(Oc2ncc(Cl)cc2Cl)cc1. The number of benzene rings is 1. The molecule has 0 saturated carbocycles. The van der Waals surface area contributed by atoms with Gasteiger partial charge in [-0.3, -0.25) is 9.63 Å². The summed E-state index contributed by atoms with van der Waals surface area (Å²) in [4.78, 5) is 31.4.